The first-order valence-corrected chi connectivity index (χ1v) is 7.60. The minimum atomic E-state index is 0.606. The maximum atomic E-state index is 5.78. The van der Waals surface area contributed by atoms with E-state index >= 15 is 0 Å². The van der Waals surface area contributed by atoms with Crippen molar-refractivity contribution >= 4 is 17.3 Å². The van der Waals surface area contributed by atoms with Gasteiger partial charge in [0.05, 0.1) is 0 Å². The number of nitrogen functional groups attached to an aromatic ring is 1. The topological polar surface area (TPSA) is 26.0 Å². The maximum Gasteiger partial charge on any atom is 0.0314 e. The number of benzene rings is 2. The van der Waals surface area contributed by atoms with Crippen molar-refractivity contribution in [1.29, 1.82) is 0 Å². The Morgan fingerprint density at radius 3 is 2.38 bits per heavy atom. The van der Waals surface area contributed by atoms with Gasteiger partial charge in [-0.1, -0.05) is 60.7 Å². The summed E-state index contributed by atoms with van der Waals surface area (Å²) in [6.45, 7) is 0. The molecule has 3 rings (SSSR count). The summed E-state index contributed by atoms with van der Waals surface area (Å²) in [7, 11) is 0. The predicted molar refractivity (Wildman–Crippen MR) is 91.6 cm³/mol. The molecule has 1 heteroatoms. The Bertz CT molecular complexity index is 635. The highest BCUT2D eigenvalue weighted by molar-refractivity contribution is 5.83. The quantitative estimate of drug-likeness (QED) is 0.467. The van der Waals surface area contributed by atoms with E-state index in [1.165, 1.54) is 29.5 Å². The van der Waals surface area contributed by atoms with Crippen LogP contribution in [-0.2, 0) is 0 Å². The Morgan fingerprint density at radius 2 is 1.71 bits per heavy atom. The van der Waals surface area contributed by atoms with Crippen LogP contribution in [0.1, 0.15) is 30.4 Å². The van der Waals surface area contributed by atoms with Gasteiger partial charge in [0.2, 0.25) is 0 Å². The van der Waals surface area contributed by atoms with Gasteiger partial charge < -0.3 is 5.73 Å². The lowest BCUT2D eigenvalue weighted by molar-refractivity contribution is 0.601. The first-order valence-electron chi connectivity index (χ1n) is 7.60. The summed E-state index contributed by atoms with van der Waals surface area (Å²) in [5.74, 6) is 0.606. The Labute approximate surface area is 126 Å². The van der Waals surface area contributed by atoms with Crippen LogP contribution < -0.4 is 5.73 Å². The number of rotatable bonds is 3. The average molecular weight is 275 g/mol. The number of allylic oxidation sites excluding steroid dienone is 3. The molecule has 0 spiro atoms. The van der Waals surface area contributed by atoms with Crippen molar-refractivity contribution in [2.45, 2.75) is 19.3 Å². The number of nitrogens with two attached hydrogens (primary N) is 1. The molecule has 106 valence electrons. The van der Waals surface area contributed by atoms with Gasteiger partial charge in [0.15, 0.2) is 0 Å². The zero-order valence-corrected chi connectivity index (χ0v) is 12.2. The molecule has 0 heterocycles. The van der Waals surface area contributed by atoms with Gasteiger partial charge in [0.25, 0.3) is 0 Å². The van der Waals surface area contributed by atoms with Crippen molar-refractivity contribution in [2.75, 3.05) is 5.73 Å². The van der Waals surface area contributed by atoms with Crippen LogP contribution in [0.15, 0.2) is 66.7 Å². The van der Waals surface area contributed by atoms with Gasteiger partial charge in [0, 0.05) is 5.69 Å². The van der Waals surface area contributed by atoms with Gasteiger partial charge in [-0.05, 0) is 54.0 Å². The van der Waals surface area contributed by atoms with Crippen molar-refractivity contribution in [3.8, 4) is 0 Å². The fraction of sp³-hybridized carbons (Fsp3) is 0.200. The molecule has 1 atom stereocenters. The van der Waals surface area contributed by atoms with E-state index < -0.39 is 0 Å². The van der Waals surface area contributed by atoms with Crippen molar-refractivity contribution in [2.24, 2.45) is 5.92 Å². The lowest BCUT2D eigenvalue weighted by atomic mass is 9.83. The molecule has 2 aromatic rings. The zero-order chi connectivity index (χ0) is 14.5. The minimum Gasteiger partial charge on any atom is -0.399 e. The van der Waals surface area contributed by atoms with E-state index in [9.17, 15) is 0 Å². The molecule has 2 N–H and O–H groups in total. The molecule has 1 aliphatic rings. The van der Waals surface area contributed by atoms with E-state index in [4.69, 9.17) is 5.73 Å². The Balaban J connectivity index is 1.99. The maximum absolute atomic E-state index is 5.78. The second kappa shape index (κ2) is 6.45. The molecule has 0 saturated heterocycles. The molecule has 0 bridgehead atoms. The number of hydrogen-bond acceptors (Lipinski definition) is 1. The van der Waals surface area contributed by atoms with Gasteiger partial charge in [-0.2, -0.15) is 0 Å². The van der Waals surface area contributed by atoms with Crippen LogP contribution in [0.2, 0.25) is 0 Å². The number of anilines is 1. The molecule has 1 nitrogen and oxygen atoms in total. The summed E-state index contributed by atoms with van der Waals surface area (Å²) < 4.78 is 0. The van der Waals surface area contributed by atoms with E-state index in [-0.39, 0.29) is 0 Å². The number of hydrogen-bond donors (Lipinski definition) is 1. The predicted octanol–water partition coefficient (Wildman–Crippen LogP) is 5.17. The summed E-state index contributed by atoms with van der Waals surface area (Å²) in [4.78, 5) is 0. The van der Waals surface area contributed by atoms with E-state index in [1.54, 1.807) is 0 Å². The Kier molecular flexibility index (Phi) is 4.20. The molecule has 1 unspecified atom stereocenters. The molecule has 1 aliphatic carbocycles. The normalized spacial score (nSPS) is 18.7. The van der Waals surface area contributed by atoms with Crippen molar-refractivity contribution in [1.82, 2.24) is 0 Å². The molecular formula is C20H21N. The van der Waals surface area contributed by atoms with Gasteiger partial charge >= 0.3 is 0 Å². The van der Waals surface area contributed by atoms with Crippen molar-refractivity contribution in [3.05, 3.63) is 77.9 Å². The second-order valence-corrected chi connectivity index (χ2v) is 5.61. The Hall–Kier alpha value is -2.28. The summed E-state index contributed by atoms with van der Waals surface area (Å²) in [5.41, 5.74) is 10.6. The first-order chi connectivity index (χ1) is 10.3. The highest BCUT2D eigenvalue weighted by Crippen LogP contribution is 2.34. The third kappa shape index (κ3) is 3.43. The molecule has 2 aromatic carbocycles. The molecular weight excluding hydrogens is 254 g/mol. The van der Waals surface area contributed by atoms with Crippen LogP contribution in [0.5, 0.6) is 0 Å². The monoisotopic (exact) mass is 275 g/mol. The highest BCUT2D eigenvalue weighted by atomic mass is 14.5. The lowest BCUT2D eigenvalue weighted by Crippen LogP contribution is -2.05. The fourth-order valence-electron chi connectivity index (χ4n) is 2.92. The molecule has 0 amide bonds. The first kappa shape index (κ1) is 13.7. The Morgan fingerprint density at radius 1 is 0.952 bits per heavy atom. The molecule has 0 saturated carbocycles. The van der Waals surface area contributed by atoms with Crippen LogP contribution in [0, 0.1) is 5.92 Å². The van der Waals surface area contributed by atoms with Gasteiger partial charge in [-0.15, -0.1) is 0 Å². The van der Waals surface area contributed by atoms with Crippen molar-refractivity contribution < 1.29 is 0 Å². The molecule has 21 heavy (non-hydrogen) atoms. The van der Waals surface area contributed by atoms with Gasteiger partial charge in [0.1, 0.15) is 0 Å². The second-order valence-electron chi connectivity index (χ2n) is 5.61. The van der Waals surface area contributed by atoms with E-state index in [0.29, 0.717) is 5.92 Å². The summed E-state index contributed by atoms with van der Waals surface area (Å²) in [5, 5.41) is 0. The average Bonchev–Trinajstić information content (AvgIpc) is 2.56. The molecule has 0 fully saturated rings. The summed E-state index contributed by atoms with van der Waals surface area (Å²) in [6, 6.07) is 18.8. The lowest BCUT2D eigenvalue weighted by Gasteiger charge is -2.22. The molecule has 0 radical (unpaired) electrons. The van der Waals surface area contributed by atoms with E-state index in [0.717, 1.165) is 12.1 Å². The van der Waals surface area contributed by atoms with Gasteiger partial charge in [-0.25, -0.2) is 0 Å². The van der Waals surface area contributed by atoms with Gasteiger partial charge in [-0.3, -0.25) is 0 Å². The largest absolute Gasteiger partial charge is 0.399 e. The highest BCUT2D eigenvalue weighted by Gasteiger charge is 2.16. The van der Waals surface area contributed by atoms with Crippen LogP contribution in [0.4, 0.5) is 5.69 Å². The molecule has 0 aromatic heterocycles. The van der Waals surface area contributed by atoms with E-state index in [2.05, 4.69) is 60.7 Å². The fourth-order valence-corrected chi connectivity index (χ4v) is 2.92. The third-order valence-electron chi connectivity index (χ3n) is 4.07. The third-order valence-corrected chi connectivity index (χ3v) is 4.07. The smallest absolute Gasteiger partial charge is 0.0314 e. The van der Waals surface area contributed by atoms with Crippen LogP contribution in [-0.4, -0.2) is 0 Å². The van der Waals surface area contributed by atoms with Crippen molar-refractivity contribution in [3.63, 3.8) is 0 Å². The summed E-state index contributed by atoms with van der Waals surface area (Å²) >= 11 is 0. The summed E-state index contributed by atoms with van der Waals surface area (Å²) in [6.07, 6.45) is 10.5. The standard InChI is InChI=1S/C20H21N/c21-19-13-11-16(12-14-19)15-20(17-7-3-1-4-8-17)18-9-5-2-6-10-18/h1-5,7-8,11-15,18H,6,9-10,21H2/b20-15-. The molecule has 0 aliphatic heterocycles. The van der Waals surface area contributed by atoms with Crippen LogP contribution in [0.25, 0.3) is 11.6 Å². The minimum absolute atomic E-state index is 0.606. The van der Waals surface area contributed by atoms with Crippen LogP contribution in [0.3, 0.4) is 0 Å². The zero-order valence-electron chi connectivity index (χ0n) is 12.2. The van der Waals surface area contributed by atoms with E-state index in [1.807, 2.05) is 12.1 Å². The SMILES string of the molecule is Nc1ccc(/C=C(/c2ccccc2)C2CC=CCC2)cc1. The van der Waals surface area contributed by atoms with Crippen LogP contribution >= 0.6 is 0 Å².